The fourth-order valence-electron chi connectivity index (χ4n) is 4.35. The molecule has 0 amide bonds. The average molecular weight is 490 g/mol. The Morgan fingerprint density at radius 2 is 1.94 bits per heavy atom. The smallest absolute Gasteiger partial charge is 0.336 e. The number of methoxy groups -OCH3 is 1. The van der Waals surface area contributed by atoms with E-state index in [-0.39, 0.29) is 17.6 Å². The Morgan fingerprint density at radius 3 is 2.64 bits per heavy atom. The van der Waals surface area contributed by atoms with Gasteiger partial charge in [-0.25, -0.2) is 4.79 Å². The molecule has 1 aliphatic heterocycles. The van der Waals surface area contributed by atoms with Crippen molar-refractivity contribution in [3.05, 3.63) is 105 Å². The zero-order valence-corrected chi connectivity index (χ0v) is 20.4. The van der Waals surface area contributed by atoms with Gasteiger partial charge in [0.25, 0.3) is 11.6 Å². The molecule has 2 atom stereocenters. The molecule has 1 aliphatic rings. The number of aromatic nitrogens is 2. The monoisotopic (exact) mass is 489 g/mol. The molecule has 0 aliphatic carbocycles. The molecule has 1 aromatic heterocycles. The molecule has 0 fully saturated rings. The molecular formula is C26H27N5O5. The maximum absolute atomic E-state index is 12.8. The van der Waals surface area contributed by atoms with Crippen molar-refractivity contribution >= 4 is 17.2 Å². The number of nitro groups is 1. The van der Waals surface area contributed by atoms with Crippen LogP contribution in [0.4, 0.5) is 5.69 Å². The van der Waals surface area contributed by atoms with E-state index in [0.29, 0.717) is 40.5 Å². The highest BCUT2D eigenvalue weighted by Crippen LogP contribution is 2.43. The van der Waals surface area contributed by atoms with Crippen LogP contribution >= 0.6 is 0 Å². The van der Waals surface area contributed by atoms with E-state index in [1.54, 1.807) is 19.1 Å². The predicted octanol–water partition coefficient (Wildman–Crippen LogP) is 4.39. The highest BCUT2D eigenvalue weighted by molar-refractivity contribution is 5.96. The third-order valence-corrected chi connectivity index (χ3v) is 6.14. The van der Waals surface area contributed by atoms with E-state index in [4.69, 9.17) is 9.26 Å². The van der Waals surface area contributed by atoms with Crippen molar-refractivity contribution in [2.45, 2.75) is 39.3 Å². The molecular weight excluding hydrogens is 462 g/mol. The van der Waals surface area contributed by atoms with Gasteiger partial charge in [-0.3, -0.25) is 10.1 Å². The lowest BCUT2D eigenvalue weighted by Crippen LogP contribution is -2.28. The number of esters is 1. The van der Waals surface area contributed by atoms with E-state index >= 15 is 0 Å². The van der Waals surface area contributed by atoms with Gasteiger partial charge in [0, 0.05) is 35.1 Å². The average Bonchev–Trinajstić information content (AvgIpc) is 3.35. The van der Waals surface area contributed by atoms with Gasteiger partial charge in [0.05, 0.1) is 30.1 Å². The molecule has 0 spiro atoms. The van der Waals surface area contributed by atoms with Gasteiger partial charge in [-0.15, -0.1) is 0 Å². The summed E-state index contributed by atoms with van der Waals surface area (Å²) in [6.45, 7) is 5.99. The Labute approximate surface area is 208 Å². The van der Waals surface area contributed by atoms with Gasteiger partial charge >= 0.3 is 5.97 Å². The first-order valence-corrected chi connectivity index (χ1v) is 11.4. The number of nitrogens with one attached hydrogen (secondary N) is 2. The highest BCUT2D eigenvalue weighted by Gasteiger charge is 2.37. The van der Waals surface area contributed by atoms with Gasteiger partial charge in [0.2, 0.25) is 0 Å². The summed E-state index contributed by atoms with van der Waals surface area (Å²) in [4.78, 5) is 28.4. The fraction of sp³-hybridized carbons (Fsp3) is 0.269. The Kier molecular flexibility index (Phi) is 7.25. The van der Waals surface area contributed by atoms with E-state index in [0.717, 1.165) is 5.56 Å². The molecule has 186 valence electrons. The van der Waals surface area contributed by atoms with Gasteiger partial charge in [-0.2, -0.15) is 4.98 Å². The quantitative estimate of drug-likeness (QED) is 0.268. The number of nitro benzene ring substituents is 1. The number of carbonyl (C=O) groups is 1. The van der Waals surface area contributed by atoms with Crippen LogP contribution in [0.1, 0.15) is 55.6 Å². The number of dihydropyridines is 1. The molecule has 4 rings (SSSR count). The molecule has 2 N–H and O–H groups in total. The number of hydrogen-bond donors (Lipinski definition) is 2. The third kappa shape index (κ3) is 5.03. The minimum absolute atomic E-state index is 0.0691. The van der Waals surface area contributed by atoms with Crippen molar-refractivity contribution in [1.82, 2.24) is 20.8 Å². The zero-order chi connectivity index (χ0) is 25.8. The second-order valence-corrected chi connectivity index (χ2v) is 8.51. The van der Waals surface area contributed by atoms with Gasteiger partial charge < -0.3 is 19.9 Å². The van der Waals surface area contributed by atoms with E-state index in [2.05, 4.69) is 20.8 Å². The zero-order valence-electron chi connectivity index (χ0n) is 20.4. The predicted molar refractivity (Wildman–Crippen MR) is 132 cm³/mol. The Bertz CT molecular complexity index is 1350. The molecule has 3 aromatic rings. The van der Waals surface area contributed by atoms with Crippen molar-refractivity contribution in [3.8, 4) is 0 Å². The van der Waals surface area contributed by atoms with Crippen molar-refractivity contribution in [3.63, 3.8) is 0 Å². The van der Waals surface area contributed by atoms with Crippen LogP contribution in [0.2, 0.25) is 0 Å². The number of hydrogen-bond acceptors (Lipinski definition) is 9. The topological polar surface area (TPSA) is 132 Å². The summed E-state index contributed by atoms with van der Waals surface area (Å²) in [6.07, 6.45) is 0. The minimum Gasteiger partial charge on any atom is -0.466 e. The minimum atomic E-state index is -0.705. The summed E-state index contributed by atoms with van der Waals surface area (Å²) in [7, 11) is 1.29. The van der Waals surface area contributed by atoms with Gasteiger partial charge in [-0.1, -0.05) is 47.6 Å². The molecule has 0 saturated heterocycles. The van der Waals surface area contributed by atoms with Crippen LogP contribution in [0.15, 0.2) is 76.1 Å². The summed E-state index contributed by atoms with van der Waals surface area (Å²) in [5.74, 6) is -0.603. The lowest BCUT2D eigenvalue weighted by molar-refractivity contribution is -0.384. The Morgan fingerprint density at radius 1 is 1.19 bits per heavy atom. The number of carbonyl (C=O) groups excluding carboxylic acids is 1. The van der Waals surface area contributed by atoms with Crippen LogP contribution < -0.4 is 10.6 Å². The number of nitrogens with zero attached hydrogens (tertiary/aromatic N) is 3. The molecule has 0 saturated carbocycles. The van der Waals surface area contributed by atoms with E-state index in [1.165, 1.54) is 19.2 Å². The number of allylic oxidation sites excluding steroid dienone is 3. The number of benzene rings is 2. The molecule has 2 unspecified atom stereocenters. The van der Waals surface area contributed by atoms with Crippen LogP contribution in [-0.4, -0.2) is 28.1 Å². The maximum Gasteiger partial charge on any atom is 0.336 e. The Hall–Kier alpha value is -4.31. The summed E-state index contributed by atoms with van der Waals surface area (Å²) in [5.41, 5.74) is 3.72. The van der Waals surface area contributed by atoms with Gasteiger partial charge in [-0.05, 0) is 31.9 Å². The Balaban J connectivity index is 1.69. The van der Waals surface area contributed by atoms with E-state index < -0.39 is 16.8 Å². The fourth-order valence-corrected chi connectivity index (χ4v) is 4.35. The summed E-state index contributed by atoms with van der Waals surface area (Å²) in [6, 6.07) is 16.2. The van der Waals surface area contributed by atoms with Crippen LogP contribution in [-0.2, 0) is 16.1 Å². The number of rotatable bonds is 8. The van der Waals surface area contributed by atoms with Crippen LogP contribution in [0.25, 0.3) is 5.57 Å². The van der Waals surface area contributed by atoms with Crippen molar-refractivity contribution in [1.29, 1.82) is 0 Å². The van der Waals surface area contributed by atoms with Gasteiger partial charge in [0.1, 0.15) is 0 Å². The summed E-state index contributed by atoms with van der Waals surface area (Å²) < 4.78 is 10.7. The first kappa shape index (κ1) is 24.8. The molecule has 2 aromatic carbocycles. The van der Waals surface area contributed by atoms with Gasteiger partial charge in [0.15, 0.2) is 5.82 Å². The van der Waals surface area contributed by atoms with E-state index in [9.17, 15) is 14.9 Å². The highest BCUT2D eigenvalue weighted by atomic mass is 16.6. The maximum atomic E-state index is 12.8. The molecule has 10 nitrogen and oxygen atoms in total. The summed E-state index contributed by atoms with van der Waals surface area (Å²) >= 11 is 0. The largest absolute Gasteiger partial charge is 0.466 e. The normalized spacial score (nSPS) is 16.5. The third-order valence-electron chi connectivity index (χ3n) is 6.14. The molecule has 0 radical (unpaired) electrons. The number of ether oxygens (including phenoxy) is 1. The molecule has 0 bridgehead atoms. The van der Waals surface area contributed by atoms with Crippen molar-refractivity contribution in [2.24, 2.45) is 0 Å². The SMILES string of the molecule is COC(=O)C1=C(C)NC(C)=C(c2nc(CNC(C)c3ccccc3)no2)C1c1cccc([N+](=O)[O-])c1. The number of non-ortho nitro benzene ring substituents is 1. The van der Waals surface area contributed by atoms with Crippen LogP contribution in [0.5, 0.6) is 0 Å². The first-order valence-electron chi connectivity index (χ1n) is 11.4. The molecule has 36 heavy (non-hydrogen) atoms. The van der Waals surface area contributed by atoms with Crippen LogP contribution in [0, 0.1) is 10.1 Å². The standard InChI is InChI=1S/C26H27N5O5/c1-15(18-9-6-5-7-10-18)27-14-21-29-25(36-30-21)22-16(2)28-17(3)23(26(32)35-4)24(22)19-11-8-12-20(13-19)31(33)34/h5-13,15,24,27-28H,14H2,1-4H3. The van der Waals surface area contributed by atoms with Crippen molar-refractivity contribution in [2.75, 3.05) is 7.11 Å². The second-order valence-electron chi connectivity index (χ2n) is 8.51. The molecule has 10 heteroatoms. The lowest BCUT2D eigenvalue weighted by atomic mass is 9.80. The van der Waals surface area contributed by atoms with E-state index in [1.807, 2.05) is 44.2 Å². The first-order chi connectivity index (χ1) is 17.3. The lowest BCUT2D eigenvalue weighted by Gasteiger charge is -2.29. The second kappa shape index (κ2) is 10.5. The van der Waals surface area contributed by atoms with Crippen molar-refractivity contribution < 1.29 is 19.0 Å². The van der Waals surface area contributed by atoms with Crippen LogP contribution in [0.3, 0.4) is 0 Å². The summed E-state index contributed by atoms with van der Waals surface area (Å²) in [5, 5.41) is 22.1. The molecule has 2 heterocycles.